The van der Waals surface area contributed by atoms with Crippen LogP contribution in [0.2, 0.25) is 10.0 Å². The summed E-state index contributed by atoms with van der Waals surface area (Å²) in [5.74, 6) is -0.849. The molecule has 0 aliphatic heterocycles. The van der Waals surface area contributed by atoms with Gasteiger partial charge in [-0.15, -0.1) is 0 Å². The average Bonchev–Trinajstić information content (AvgIpc) is 2.92. The standard InChI is InChI=1S/C29H33Cl2N3O4S/c1-4-18-32-29(36)27(5-2)33(19-22-8-6-7-9-26(22)31)28(35)20-34(24-14-12-23(30)13-15-24)39(37,38)25-16-10-21(3)11-17-25/h6-17,27H,4-5,18-20H2,1-3H3,(H,32,36). The second kappa shape index (κ2) is 13.8. The highest BCUT2D eigenvalue weighted by molar-refractivity contribution is 7.92. The Kier molecular flexibility index (Phi) is 10.8. The zero-order valence-corrected chi connectivity index (χ0v) is 24.6. The number of sulfonamides is 1. The number of nitrogens with one attached hydrogen (secondary N) is 1. The second-order valence-corrected chi connectivity index (χ2v) is 11.8. The summed E-state index contributed by atoms with van der Waals surface area (Å²) in [7, 11) is -4.14. The van der Waals surface area contributed by atoms with E-state index in [9.17, 15) is 18.0 Å². The normalized spacial score (nSPS) is 12.0. The maximum atomic E-state index is 14.0. The minimum absolute atomic E-state index is 0.0373. The van der Waals surface area contributed by atoms with Crippen LogP contribution in [0.4, 0.5) is 5.69 Å². The van der Waals surface area contributed by atoms with E-state index in [0.717, 1.165) is 16.3 Å². The van der Waals surface area contributed by atoms with E-state index in [-0.39, 0.29) is 23.0 Å². The van der Waals surface area contributed by atoms with Crippen LogP contribution in [0.25, 0.3) is 0 Å². The van der Waals surface area contributed by atoms with Gasteiger partial charge in [-0.3, -0.25) is 13.9 Å². The van der Waals surface area contributed by atoms with Gasteiger partial charge in [0.15, 0.2) is 0 Å². The molecule has 1 unspecified atom stereocenters. The van der Waals surface area contributed by atoms with E-state index in [1.807, 2.05) is 20.8 Å². The van der Waals surface area contributed by atoms with Crippen LogP contribution in [0.3, 0.4) is 0 Å². The molecule has 7 nitrogen and oxygen atoms in total. The lowest BCUT2D eigenvalue weighted by molar-refractivity contribution is -0.140. The number of anilines is 1. The molecule has 10 heteroatoms. The van der Waals surface area contributed by atoms with Crippen LogP contribution in [-0.2, 0) is 26.2 Å². The molecule has 39 heavy (non-hydrogen) atoms. The number of halogens is 2. The second-order valence-electron chi connectivity index (χ2n) is 9.13. The van der Waals surface area contributed by atoms with Gasteiger partial charge in [-0.25, -0.2) is 8.42 Å². The van der Waals surface area contributed by atoms with E-state index >= 15 is 0 Å². The first-order valence-electron chi connectivity index (χ1n) is 12.7. The minimum Gasteiger partial charge on any atom is -0.354 e. The van der Waals surface area contributed by atoms with E-state index in [1.54, 1.807) is 60.7 Å². The quantitative estimate of drug-likeness (QED) is 0.288. The van der Waals surface area contributed by atoms with E-state index in [1.165, 1.54) is 17.0 Å². The van der Waals surface area contributed by atoms with E-state index in [2.05, 4.69) is 5.32 Å². The number of aryl methyl sites for hydroxylation is 1. The number of hydrogen-bond donors (Lipinski definition) is 1. The summed E-state index contributed by atoms with van der Waals surface area (Å²) in [4.78, 5) is 28.5. The van der Waals surface area contributed by atoms with Crippen LogP contribution in [-0.4, -0.2) is 44.3 Å². The molecule has 0 saturated heterocycles. The topological polar surface area (TPSA) is 86.8 Å². The highest BCUT2D eigenvalue weighted by atomic mass is 35.5. The van der Waals surface area contributed by atoms with Crippen molar-refractivity contribution in [2.45, 2.75) is 51.1 Å². The number of hydrogen-bond acceptors (Lipinski definition) is 4. The molecule has 1 N–H and O–H groups in total. The van der Waals surface area contributed by atoms with Gasteiger partial charge in [0.25, 0.3) is 10.0 Å². The third-order valence-electron chi connectivity index (χ3n) is 6.24. The lowest BCUT2D eigenvalue weighted by atomic mass is 10.1. The van der Waals surface area contributed by atoms with Crippen LogP contribution < -0.4 is 9.62 Å². The lowest BCUT2D eigenvalue weighted by Crippen LogP contribution is -2.52. The fraction of sp³-hybridized carbons (Fsp3) is 0.310. The van der Waals surface area contributed by atoms with Gasteiger partial charge < -0.3 is 10.2 Å². The highest BCUT2D eigenvalue weighted by Gasteiger charge is 2.33. The van der Waals surface area contributed by atoms with Crippen molar-refractivity contribution in [3.05, 3.63) is 94.0 Å². The molecule has 0 aliphatic rings. The third-order valence-corrected chi connectivity index (χ3v) is 8.64. The molecule has 208 valence electrons. The molecule has 0 radical (unpaired) electrons. The molecular weight excluding hydrogens is 557 g/mol. The molecular formula is C29H33Cl2N3O4S. The van der Waals surface area contributed by atoms with Crippen molar-refractivity contribution in [1.82, 2.24) is 10.2 Å². The molecule has 0 bridgehead atoms. The molecule has 0 aliphatic carbocycles. The van der Waals surface area contributed by atoms with E-state index in [0.29, 0.717) is 28.6 Å². The highest BCUT2D eigenvalue weighted by Crippen LogP contribution is 2.27. The number of carbonyl (C=O) groups excluding carboxylic acids is 2. The smallest absolute Gasteiger partial charge is 0.264 e. The van der Waals surface area contributed by atoms with Gasteiger partial charge in [-0.2, -0.15) is 0 Å². The van der Waals surface area contributed by atoms with Crippen LogP contribution in [0.1, 0.15) is 37.8 Å². The Morgan fingerprint density at radius 2 is 1.56 bits per heavy atom. The van der Waals surface area contributed by atoms with Crippen molar-refractivity contribution in [1.29, 1.82) is 0 Å². The van der Waals surface area contributed by atoms with Crippen molar-refractivity contribution in [3.63, 3.8) is 0 Å². The van der Waals surface area contributed by atoms with Gasteiger partial charge in [0.1, 0.15) is 12.6 Å². The van der Waals surface area contributed by atoms with Gasteiger partial charge in [-0.1, -0.05) is 72.9 Å². The van der Waals surface area contributed by atoms with E-state index < -0.39 is 28.5 Å². The summed E-state index contributed by atoms with van der Waals surface area (Å²) in [6.07, 6.45) is 1.07. The van der Waals surface area contributed by atoms with E-state index in [4.69, 9.17) is 23.2 Å². The molecule has 0 heterocycles. The number of nitrogens with zero attached hydrogens (tertiary/aromatic N) is 2. The zero-order chi connectivity index (χ0) is 28.6. The fourth-order valence-corrected chi connectivity index (χ4v) is 5.80. The third kappa shape index (κ3) is 7.75. The van der Waals surface area contributed by atoms with Gasteiger partial charge in [0.05, 0.1) is 10.6 Å². The first kappa shape index (κ1) is 30.5. The van der Waals surface area contributed by atoms with Crippen molar-refractivity contribution in [2.24, 2.45) is 0 Å². The van der Waals surface area contributed by atoms with Crippen LogP contribution in [0.15, 0.2) is 77.7 Å². The Balaban J connectivity index is 2.05. The van der Waals surface area contributed by atoms with Crippen LogP contribution >= 0.6 is 23.2 Å². The predicted molar refractivity (Wildman–Crippen MR) is 157 cm³/mol. The Hall–Kier alpha value is -3.07. The summed E-state index contributed by atoms with van der Waals surface area (Å²) < 4.78 is 28.7. The summed E-state index contributed by atoms with van der Waals surface area (Å²) in [5, 5.41) is 3.73. The molecule has 0 fully saturated rings. The van der Waals surface area contributed by atoms with Crippen LogP contribution in [0.5, 0.6) is 0 Å². The zero-order valence-electron chi connectivity index (χ0n) is 22.2. The average molecular weight is 591 g/mol. The van der Waals surface area contributed by atoms with Gasteiger partial charge in [0, 0.05) is 23.1 Å². The predicted octanol–water partition coefficient (Wildman–Crippen LogP) is 5.83. The molecule has 3 aromatic carbocycles. The molecule has 3 rings (SSSR count). The molecule has 0 spiro atoms. The molecule has 3 aromatic rings. The maximum absolute atomic E-state index is 14.0. The van der Waals surface area contributed by atoms with Gasteiger partial charge >= 0.3 is 0 Å². The summed E-state index contributed by atoms with van der Waals surface area (Å²) in [6, 6.07) is 18.9. The fourth-order valence-electron chi connectivity index (χ4n) is 4.07. The molecule has 0 aromatic heterocycles. The molecule has 2 amide bonds. The summed E-state index contributed by atoms with van der Waals surface area (Å²) in [5.41, 5.74) is 1.82. The van der Waals surface area contributed by atoms with Crippen LogP contribution in [0, 0.1) is 6.92 Å². The maximum Gasteiger partial charge on any atom is 0.264 e. The number of rotatable bonds is 12. The number of benzene rings is 3. The number of amides is 2. The first-order valence-corrected chi connectivity index (χ1v) is 14.9. The van der Waals surface area contributed by atoms with Crippen molar-refractivity contribution in [3.8, 4) is 0 Å². The number of carbonyl (C=O) groups is 2. The van der Waals surface area contributed by atoms with Crippen molar-refractivity contribution in [2.75, 3.05) is 17.4 Å². The molecule has 0 saturated carbocycles. The lowest BCUT2D eigenvalue weighted by Gasteiger charge is -2.33. The Labute approximate surface area is 240 Å². The first-order chi connectivity index (χ1) is 18.6. The summed E-state index contributed by atoms with van der Waals surface area (Å²) in [6.45, 7) is 5.58. The monoisotopic (exact) mass is 589 g/mol. The van der Waals surface area contributed by atoms with Crippen molar-refractivity contribution >= 4 is 50.7 Å². The van der Waals surface area contributed by atoms with Gasteiger partial charge in [0.2, 0.25) is 11.8 Å². The van der Waals surface area contributed by atoms with Crippen molar-refractivity contribution < 1.29 is 18.0 Å². The molecule has 1 atom stereocenters. The summed E-state index contributed by atoms with van der Waals surface area (Å²) >= 11 is 12.5. The Bertz CT molecular complexity index is 1380. The Morgan fingerprint density at radius 1 is 0.923 bits per heavy atom. The largest absolute Gasteiger partial charge is 0.354 e. The van der Waals surface area contributed by atoms with Gasteiger partial charge in [-0.05, 0) is 67.8 Å². The SMILES string of the molecule is CCCNC(=O)C(CC)N(Cc1ccccc1Cl)C(=O)CN(c1ccc(Cl)cc1)S(=O)(=O)c1ccc(C)cc1. The minimum atomic E-state index is -4.14. The Morgan fingerprint density at radius 3 is 2.15 bits per heavy atom.